The summed E-state index contributed by atoms with van der Waals surface area (Å²) in [4.78, 5) is 15.6. The molecule has 11 rings (SSSR count). The van der Waals surface area contributed by atoms with E-state index in [4.69, 9.17) is 19.4 Å². The van der Waals surface area contributed by atoms with E-state index in [0.29, 0.717) is 17.5 Å². The van der Waals surface area contributed by atoms with Crippen molar-refractivity contribution in [3.8, 4) is 39.9 Å². The highest BCUT2D eigenvalue weighted by Gasteiger charge is 2.19. The zero-order valence-corrected chi connectivity index (χ0v) is 27.9. The number of furan rings is 1. The summed E-state index contributed by atoms with van der Waals surface area (Å²) < 4.78 is 8.61. The van der Waals surface area contributed by atoms with Crippen molar-refractivity contribution in [3.05, 3.63) is 170 Å². The first-order valence-corrected chi connectivity index (χ1v) is 17.4. The van der Waals surface area contributed by atoms with Crippen LogP contribution in [-0.2, 0) is 0 Å². The third kappa shape index (κ3) is 4.39. The van der Waals surface area contributed by atoms with Gasteiger partial charge in [-0.1, -0.05) is 127 Å². The van der Waals surface area contributed by atoms with E-state index < -0.39 is 0 Å². The molecule has 3 aromatic heterocycles. The molecule has 242 valence electrons. The fraction of sp³-hybridized carbons (Fsp3) is 0. The van der Waals surface area contributed by atoms with E-state index >= 15 is 0 Å². The third-order valence-corrected chi connectivity index (χ3v) is 10.2. The molecule has 0 aliphatic rings. The Hall–Kier alpha value is -7.11. The molecule has 0 fully saturated rings. The van der Waals surface area contributed by atoms with Gasteiger partial charge in [0.05, 0.1) is 11.0 Å². The number of hydrogen-bond acceptors (Lipinski definition) is 4. The van der Waals surface area contributed by atoms with Crippen LogP contribution in [-0.4, -0.2) is 19.5 Å². The number of aromatic nitrogens is 4. The lowest BCUT2D eigenvalue weighted by Crippen LogP contribution is -2.01. The first kappa shape index (κ1) is 28.7. The molecular weight excluding hydrogens is 637 g/mol. The van der Waals surface area contributed by atoms with Crippen LogP contribution in [0.25, 0.3) is 105 Å². The van der Waals surface area contributed by atoms with E-state index in [0.717, 1.165) is 60.7 Å². The minimum absolute atomic E-state index is 0.597. The van der Waals surface area contributed by atoms with Crippen molar-refractivity contribution < 1.29 is 4.42 Å². The molecule has 11 aromatic rings. The summed E-state index contributed by atoms with van der Waals surface area (Å²) in [6.07, 6.45) is 0. The van der Waals surface area contributed by atoms with Crippen LogP contribution in [0.5, 0.6) is 0 Å². The lowest BCUT2D eigenvalue weighted by molar-refractivity contribution is 0.669. The molecule has 5 nitrogen and oxygen atoms in total. The highest BCUT2D eigenvalue weighted by atomic mass is 16.3. The standard InChI is InChI=1S/C47H28N4O/c1-2-12-33(13-3-1)51-40-18-8-6-15-36(40)37-26-24-32(28-41(37)51)46-48-45(31-23-25-35-30(27-31)22-21-29-11-4-5-14-34(29)35)49-47(50-46)39-17-10-20-43-44(39)38-16-7-9-19-42(38)52-43/h1-28H. The van der Waals surface area contributed by atoms with Gasteiger partial charge in [-0.2, -0.15) is 0 Å². The second kappa shape index (κ2) is 11.2. The maximum absolute atomic E-state index is 6.29. The number of nitrogens with zero attached hydrogens (tertiary/aromatic N) is 4. The molecule has 0 radical (unpaired) electrons. The maximum atomic E-state index is 6.29. The summed E-state index contributed by atoms with van der Waals surface area (Å²) in [5.41, 5.74) is 7.72. The van der Waals surface area contributed by atoms with E-state index in [1.165, 1.54) is 26.9 Å². The van der Waals surface area contributed by atoms with Crippen LogP contribution in [0.15, 0.2) is 174 Å². The average molecular weight is 665 g/mol. The monoisotopic (exact) mass is 664 g/mol. The Morgan fingerprint density at radius 1 is 0.385 bits per heavy atom. The summed E-state index contributed by atoms with van der Waals surface area (Å²) >= 11 is 0. The van der Waals surface area contributed by atoms with E-state index in [1.54, 1.807) is 0 Å². The van der Waals surface area contributed by atoms with Crippen molar-refractivity contribution in [2.45, 2.75) is 0 Å². The lowest BCUT2D eigenvalue weighted by atomic mass is 10.00. The van der Waals surface area contributed by atoms with Gasteiger partial charge >= 0.3 is 0 Å². The molecule has 0 bridgehead atoms. The second-order valence-electron chi connectivity index (χ2n) is 13.2. The van der Waals surface area contributed by atoms with Crippen molar-refractivity contribution in [1.29, 1.82) is 0 Å². The fourth-order valence-electron chi connectivity index (χ4n) is 7.83. The molecule has 0 saturated carbocycles. The van der Waals surface area contributed by atoms with Crippen molar-refractivity contribution in [1.82, 2.24) is 19.5 Å². The first-order chi connectivity index (χ1) is 25.8. The van der Waals surface area contributed by atoms with Crippen LogP contribution in [0.2, 0.25) is 0 Å². The van der Waals surface area contributed by atoms with E-state index in [9.17, 15) is 0 Å². The van der Waals surface area contributed by atoms with Crippen LogP contribution in [0, 0.1) is 0 Å². The largest absolute Gasteiger partial charge is 0.456 e. The van der Waals surface area contributed by atoms with Gasteiger partial charge in [-0.3, -0.25) is 0 Å². The Bertz CT molecular complexity index is 3190. The molecule has 0 amide bonds. The number of para-hydroxylation sites is 3. The van der Waals surface area contributed by atoms with Crippen LogP contribution < -0.4 is 0 Å². The number of hydrogen-bond donors (Lipinski definition) is 0. The molecule has 0 aliphatic carbocycles. The Kier molecular flexibility index (Phi) is 6.18. The summed E-state index contributed by atoms with van der Waals surface area (Å²) in [7, 11) is 0. The van der Waals surface area contributed by atoms with Gasteiger partial charge in [-0.15, -0.1) is 0 Å². The minimum Gasteiger partial charge on any atom is -0.456 e. The SMILES string of the molecule is c1ccc(-n2c3ccccc3c3ccc(-c4nc(-c5ccc6c(ccc7ccccc76)c5)nc(-c5cccc6oc7ccccc7c56)n4)cc32)cc1. The van der Waals surface area contributed by atoms with E-state index in [1.807, 2.05) is 30.3 Å². The second-order valence-corrected chi connectivity index (χ2v) is 13.2. The fourth-order valence-corrected chi connectivity index (χ4v) is 7.83. The molecule has 0 saturated heterocycles. The Labute approximate surface area is 298 Å². The summed E-state index contributed by atoms with van der Waals surface area (Å²) in [5, 5.41) is 9.18. The maximum Gasteiger partial charge on any atom is 0.164 e. The zero-order valence-electron chi connectivity index (χ0n) is 27.9. The Morgan fingerprint density at radius 2 is 1.00 bits per heavy atom. The third-order valence-electron chi connectivity index (χ3n) is 10.2. The van der Waals surface area contributed by atoms with Gasteiger partial charge in [-0.25, -0.2) is 15.0 Å². The van der Waals surface area contributed by atoms with Gasteiger partial charge in [-0.05, 0) is 64.0 Å². The predicted molar refractivity (Wildman–Crippen MR) is 213 cm³/mol. The smallest absolute Gasteiger partial charge is 0.164 e. The number of fused-ring (bicyclic) bond motifs is 9. The van der Waals surface area contributed by atoms with Crippen LogP contribution in [0.1, 0.15) is 0 Å². The molecule has 0 N–H and O–H groups in total. The molecule has 52 heavy (non-hydrogen) atoms. The van der Waals surface area contributed by atoms with Crippen LogP contribution in [0.3, 0.4) is 0 Å². The molecule has 0 atom stereocenters. The van der Waals surface area contributed by atoms with Crippen molar-refractivity contribution in [2.75, 3.05) is 0 Å². The van der Waals surface area contributed by atoms with Gasteiger partial charge < -0.3 is 8.98 Å². The number of benzene rings is 8. The minimum atomic E-state index is 0.597. The summed E-state index contributed by atoms with van der Waals surface area (Å²) in [6.45, 7) is 0. The molecule has 0 spiro atoms. The molecular formula is C47H28N4O. The van der Waals surface area contributed by atoms with Gasteiger partial charge in [0, 0.05) is 43.9 Å². The van der Waals surface area contributed by atoms with E-state index in [2.05, 4.69) is 144 Å². The molecule has 3 heterocycles. The van der Waals surface area contributed by atoms with Crippen LogP contribution >= 0.6 is 0 Å². The van der Waals surface area contributed by atoms with Gasteiger partial charge in [0.1, 0.15) is 11.2 Å². The lowest BCUT2D eigenvalue weighted by Gasteiger charge is -2.11. The highest BCUT2D eigenvalue weighted by Crippen LogP contribution is 2.38. The first-order valence-electron chi connectivity index (χ1n) is 17.4. The van der Waals surface area contributed by atoms with Crippen molar-refractivity contribution in [2.24, 2.45) is 0 Å². The van der Waals surface area contributed by atoms with Crippen molar-refractivity contribution >= 4 is 65.3 Å². The van der Waals surface area contributed by atoms with Gasteiger partial charge in [0.25, 0.3) is 0 Å². The van der Waals surface area contributed by atoms with Crippen molar-refractivity contribution in [3.63, 3.8) is 0 Å². The molecule has 8 aromatic carbocycles. The molecule has 5 heteroatoms. The highest BCUT2D eigenvalue weighted by molar-refractivity contribution is 6.13. The average Bonchev–Trinajstić information content (AvgIpc) is 3.76. The van der Waals surface area contributed by atoms with Crippen LogP contribution in [0.4, 0.5) is 0 Å². The summed E-state index contributed by atoms with van der Waals surface area (Å²) in [6, 6.07) is 59.2. The molecule has 0 unspecified atom stereocenters. The molecule has 0 aliphatic heterocycles. The zero-order chi connectivity index (χ0) is 34.2. The Morgan fingerprint density at radius 3 is 1.87 bits per heavy atom. The Balaban J connectivity index is 1.17. The van der Waals surface area contributed by atoms with Gasteiger partial charge in [0.2, 0.25) is 0 Å². The van der Waals surface area contributed by atoms with E-state index in [-0.39, 0.29) is 0 Å². The number of rotatable bonds is 4. The predicted octanol–water partition coefficient (Wildman–Crippen LogP) is 12.2. The van der Waals surface area contributed by atoms with Gasteiger partial charge in [0.15, 0.2) is 17.5 Å². The summed E-state index contributed by atoms with van der Waals surface area (Å²) in [5.74, 6) is 1.82. The quantitative estimate of drug-likeness (QED) is 0.176. The topological polar surface area (TPSA) is 56.7 Å². The normalized spacial score (nSPS) is 11.8.